The fourth-order valence-electron chi connectivity index (χ4n) is 3.89. The molecule has 1 fully saturated rings. The van der Waals surface area contributed by atoms with Crippen molar-refractivity contribution in [3.05, 3.63) is 29.8 Å². The van der Waals surface area contributed by atoms with Gasteiger partial charge in [0.2, 0.25) is 17.7 Å². The highest BCUT2D eigenvalue weighted by Gasteiger charge is 2.39. The van der Waals surface area contributed by atoms with E-state index < -0.39 is 60.2 Å². The second-order valence-corrected chi connectivity index (χ2v) is 9.49. The summed E-state index contributed by atoms with van der Waals surface area (Å²) >= 11 is 1.45. The molecule has 12 nitrogen and oxygen atoms in total. The number of carboxylic acids is 2. The fraction of sp³-hybridized carbons (Fsp3) is 0.522. The van der Waals surface area contributed by atoms with Gasteiger partial charge in [0.25, 0.3) is 0 Å². The maximum absolute atomic E-state index is 13.5. The number of carboxylic acid groups (broad SMARTS) is 2. The number of aromatic hydroxyl groups is 1. The topological polar surface area (TPSA) is 199 Å². The molecule has 0 aromatic heterocycles. The summed E-state index contributed by atoms with van der Waals surface area (Å²) in [6.07, 6.45) is 2.25. The molecule has 36 heavy (non-hydrogen) atoms. The van der Waals surface area contributed by atoms with Gasteiger partial charge in [-0.3, -0.25) is 19.2 Å². The number of amides is 3. The maximum Gasteiger partial charge on any atom is 0.326 e. The molecule has 0 aliphatic carbocycles. The molecular weight excluding hydrogens is 492 g/mol. The van der Waals surface area contributed by atoms with E-state index in [9.17, 15) is 34.2 Å². The van der Waals surface area contributed by atoms with Gasteiger partial charge in [0.15, 0.2) is 0 Å². The number of hydrogen-bond donors (Lipinski definition) is 6. The van der Waals surface area contributed by atoms with E-state index in [0.29, 0.717) is 24.2 Å². The van der Waals surface area contributed by atoms with Crippen LogP contribution in [0.1, 0.15) is 31.2 Å². The minimum absolute atomic E-state index is 0.000950. The van der Waals surface area contributed by atoms with E-state index in [1.807, 2.05) is 6.26 Å². The standard InChI is InChI=1S/C23H32N4O8S/c1-36-10-8-16(23(34)35)25-21(32)18-3-2-9-27(18)22(33)17(11-13-4-6-14(28)7-5-13)26-20(31)15(24)12-19(29)30/h4-7,15-18,28H,2-3,8-12,24H2,1H3,(H,25,32)(H,26,31)(H,29,30)(H,34,35). The highest BCUT2D eigenvalue weighted by atomic mass is 32.2. The Labute approximate surface area is 212 Å². The number of carbonyl (C=O) groups is 5. The fourth-order valence-corrected chi connectivity index (χ4v) is 4.36. The number of nitrogens with two attached hydrogens (primary N) is 1. The van der Waals surface area contributed by atoms with E-state index in [4.69, 9.17) is 10.8 Å². The van der Waals surface area contributed by atoms with Crippen LogP contribution in [-0.4, -0.2) is 92.6 Å². The van der Waals surface area contributed by atoms with Crippen LogP contribution in [0, 0.1) is 0 Å². The van der Waals surface area contributed by atoms with Crippen molar-refractivity contribution in [2.45, 2.75) is 56.3 Å². The molecule has 0 saturated carbocycles. The minimum Gasteiger partial charge on any atom is -0.508 e. The molecule has 7 N–H and O–H groups in total. The third-order valence-electron chi connectivity index (χ3n) is 5.79. The molecule has 3 amide bonds. The van der Waals surface area contributed by atoms with Crippen LogP contribution in [0.5, 0.6) is 5.75 Å². The zero-order chi connectivity index (χ0) is 26.8. The Hall–Kier alpha value is -3.32. The largest absolute Gasteiger partial charge is 0.508 e. The van der Waals surface area contributed by atoms with Gasteiger partial charge in [-0.05, 0) is 49.0 Å². The first-order valence-electron chi connectivity index (χ1n) is 11.4. The Morgan fingerprint density at radius 2 is 1.78 bits per heavy atom. The van der Waals surface area contributed by atoms with Gasteiger partial charge >= 0.3 is 11.9 Å². The number of nitrogens with zero attached hydrogens (tertiary/aromatic N) is 1. The number of phenolic OH excluding ortho intramolecular Hbond substituents is 1. The molecule has 1 aliphatic heterocycles. The lowest BCUT2D eigenvalue weighted by molar-refractivity contribution is -0.145. The van der Waals surface area contributed by atoms with Crippen molar-refractivity contribution in [2.75, 3.05) is 18.6 Å². The second kappa shape index (κ2) is 13.7. The maximum atomic E-state index is 13.5. The Morgan fingerprint density at radius 3 is 2.36 bits per heavy atom. The Kier molecular flexibility index (Phi) is 11.0. The smallest absolute Gasteiger partial charge is 0.326 e. The molecule has 13 heteroatoms. The first kappa shape index (κ1) is 28.9. The Balaban J connectivity index is 2.21. The third-order valence-corrected chi connectivity index (χ3v) is 6.43. The van der Waals surface area contributed by atoms with Crippen molar-refractivity contribution in [1.82, 2.24) is 15.5 Å². The number of thioether (sulfide) groups is 1. The predicted octanol–water partition coefficient (Wildman–Crippen LogP) is -0.465. The van der Waals surface area contributed by atoms with Gasteiger partial charge in [0.1, 0.15) is 23.9 Å². The van der Waals surface area contributed by atoms with Crippen LogP contribution in [0.25, 0.3) is 0 Å². The van der Waals surface area contributed by atoms with Crippen molar-refractivity contribution in [3.63, 3.8) is 0 Å². The Morgan fingerprint density at radius 1 is 1.11 bits per heavy atom. The summed E-state index contributed by atoms with van der Waals surface area (Å²) in [5.74, 6) is -3.90. The number of nitrogens with one attached hydrogen (secondary N) is 2. The van der Waals surface area contributed by atoms with E-state index in [2.05, 4.69) is 10.6 Å². The van der Waals surface area contributed by atoms with E-state index in [1.54, 1.807) is 12.1 Å². The van der Waals surface area contributed by atoms with Gasteiger partial charge in [-0.2, -0.15) is 11.8 Å². The van der Waals surface area contributed by atoms with Gasteiger partial charge in [0, 0.05) is 13.0 Å². The molecule has 0 radical (unpaired) electrons. The molecule has 0 spiro atoms. The van der Waals surface area contributed by atoms with Crippen molar-refractivity contribution < 1.29 is 39.3 Å². The molecule has 1 aromatic rings. The Bertz CT molecular complexity index is 958. The van der Waals surface area contributed by atoms with E-state index >= 15 is 0 Å². The average molecular weight is 525 g/mol. The number of phenols is 1. The molecule has 198 valence electrons. The summed E-state index contributed by atoms with van der Waals surface area (Å²) in [5, 5.41) is 32.9. The van der Waals surface area contributed by atoms with Crippen LogP contribution >= 0.6 is 11.8 Å². The van der Waals surface area contributed by atoms with Gasteiger partial charge in [-0.15, -0.1) is 0 Å². The summed E-state index contributed by atoms with van der Waals surface area (Å²) in [6.45, 7) is 0.225. The molecule has 4 atom stereocenters. The summed E-state index contributed by atoms with van der Waals surface area (Å²) < 4.78 is 0. The van der Waals surface area contributed by atoms with E-state index in [0.717, 1.165) is 0 Å². The lowest BCUT2D eigenvalue weighted by Crippen LogP contribution is -2.57. The zero-order valence-corrected chi connectivity index (χ0v) is 20.7. The van der Waals surface area contributed by atoms with Gasteiger partial charge in [-0.1, -0.05) is 12.1 Å². The molecule has 0 bridgehead atoms. The third kappa shape index (κ3) is 8.41. The molecule has 4 unspecified atom stereocenters. The van der Waals surface area contributed by atoms with Crippen molar-refractivity contribution in [3.8, 4) is 5.75 Å². The monoisotopic (exact) mass is 524 g/mol. The summed E-state index contributed by atoms with van der Waals surface area (Å²) in [5.41, 5.74) is 6.26. The molecular formula is C23H32N4O8S. The van der Waals surface area contributed by atoms with Gasteiger partial charge < -0.3 is 36.6 Å². The number of likely N-dealkylation sites (tertiary alicyclic amines) is 1. The molecule has 1 saturated heterocycles. The lowest BCUT2D eigenvalue weighted by Gasteiger charge is -2.30. The lowest BCUT2D eigenvalue weighted by atomic mass is 10.0. The van der Waals surface area contributed by atoms with Crippen LogP contribution in [0.2, 0.25) is 0 Å². The van der Waals surface area contributed by atoms with Crippen LogP contribution < -0.4 is 16.4 Å². The van der Waals surface area contributed by atoms with Crippen LogP contribution in [0.4, 0.5) is 0 Å². The second-order valence-electron chi connectivity index (χ2n) is 8.51. The van der Waals surface area contributed by atoms with Gasteiger partial charge in [-0.25, -0.2) is 4.79 Å². The minimum atomic E-state index is -1.39. The van der Waals surface area contributed by atoms with Crippen LogP contribution in [0.3, 0.4) is 0 Å². The summed E-state index contributed by atoms with van der Waals surface area (Å²) in [4.78, 5) is 62.8. The van der Waals surface area contributed by atoms with Crippen molar-refractivity contribution in [2.24, 2.45) is 5.73 Å². The summed E-state index contributed by atoms with van der Waals surface area (Å²) in [6, 6.07) is 1.41. The number of aliphatic carboxylic acids is 2. The average Bonchev–Trinajstić information content (AvgIpc) is 3.31. The molecule has 1 heterocycles. The molecule has 1 aliphatic rings. The first-order valence-corrected chi connectivity index (χ1v) is 12.8. The molecule has 2 rings (SSSR count). The highest BCUT2D eigenvalue weighted by Crippen LogP contribution is 2.21. The predicted molar refractivity (Wildman–Crippen MR) is 131 cm³/mol. The summed E-state index contributed by atoms with van der Waals surface area (Å²) in [7, 11) is 0. The van der Waals surface area contributed by atoms with E-state index in [1.165, 1.54) is 28.8 Å². The zero-order valence-electron chi connectivity index (χ0n) is 19.9. The number of benzene rings is 1. The normalized spacial score (nSPS) is 17.6. The number of hydrogen-bond acceptors (Lipinski definition) is 8. The van der Waals surface area contributed by atoms with Crippen LogP contribution in [0.15, 0.2) is 24.3 Å². The SMILES string of the molecule is CSCCC(NC(=O)C1CCCN1C(=O)C(Cc1ccc(O)cc1)NC(=O)C(N)CC(=O)O)C(=O)O. The number of rotatable bonds is 13. The molecule has 1 aromatic carbocycles. The number of carbonyl (C=O) groups excluding carboxylic acids is 3. The quantitative estimate of drug-likeness (QED) is 0.196. The van der Waals surface area contributed by atoms with Gasteiger partial charge in [0.05, 0.1) is 12.5 Å². The van der Waals surface area contributed by atoms with E-state index in [-0.39, 0.29) is 25.1 Å². The van der Waals surface area contributed by atoms with Crippen molar-refractivity contribution >= 4 is 41.4 Å². The van der Waals surface area contributed by atoms with Crippen molar-refractivity contribution in [1.29, 1.82) is 0 Å². The van der Waals surface area contributed by atoms with Crippen LogP contribution in [-0.2, 0) is 30.4 Å². The first-order chi connectivity index (χ1) is 17.0. The highest BCUT2D eigenvalue weighted by molar-refractivity contribution is 7.98.